The molecule has 8 nitrogen and oxygen atoms in total. The van der Waals surface area contributed by atoms with Crippen LogP contribution < -0.4 is 5.32 Å². The number of aromatic hydroxyl groups is 1. The number of esters is 1. The van der Waals surface area contributed by atoms with Gasteiger partial charge in [-0.05, 0) is 23.9 Å². The molecular formula is C20H16N2O6. The molecule has 0 bridgehead atoms. The normalized spacial score (nSPS) is 10.5. The molecule has 0 atom stereocenters. The van der Waals surface area contributed by atoms with Crippen molar-refractivity contribution in [3.63, 3.8) is 0 Å². The van der Waals surface area contributed by atoms with Gasteiger partial charge in [-0.3, -0.25) is 14.9 Å². The second kappa shape index (κ2) is 7.75. The highest BCUT2D eigenvalue weighted by Gasteiger charge is 2.20. The Bertz CT molecular complexity index is 1090. The number of carbonyl (C=O) groups is 2. The van der Waals surface area contributed by atoms with E-state index in [2.05, 4.69) is 5.32 Å². The van der Waals surface area contributed by atoms with Gasteiger partial charge in [0.05, 0.1) is 4.92 Å². The van der Waals surface area contributed by atoms with E-state index < -0.39 is 23.4 Å². The lowest BCUT2D eigenvalue weighted by molar-refractivity contribution is -0.384. The lowest BCUT2D eigenvalue weighted by Gasteiger charge is -2.10. The Balaban J connectivity index is 1.71. The number of carbonyl (C=O) groups excluding carboxylic acids is 2. The molecule has 0 spiro atoms. The van der Waals surface area contributed by atoms with E-state index in [1.807, 2.05) is 0 Å². The van der Waals surface area contributed by atoms with Gasteiger partial charge in [-0.25, -0.2) is 4.79 Å². The van der Waals surface area contributed by atoms with Gasteiger partial charge in [0.15, 0.2) is 6.61 Å². The highest BCUT2D eigenvalue weighted by Crippen LogP contribution is 2.29. The standard InChI is InChI=1S/C20H16N2O6/c1-12-5-4-8-16(22(26)27)18(12)21-17(23)11-28-20(25)15-10-9-13-6-2-3-7-14(13)19(15)24/h2-10,24H,11H2,1H3,(H,21,23). The third-order valence-electron chi connectivity index (χ3n) is 4.17. The second-order valence-electron chi connectivity index (χ2n) is 6.03. The van der Waals surface area contributed by atoms with Gasteiger partial charge >= 0.3 is 5.97 Å². The lowest BCUT2D eigenvalue weighted by Crippen LogP contribution is -2.22. The number of para-hydroxylation sites is 1. The van der Waals surface area contributed by atoms with E-state index in [0.29, 0.717) is 10.9 Å². The summed E-state index contributed by atoms with van der Waals surface area (Å²) in [6.45, 7) is 0.957. The number of aryl methyl sites for hydroxylation is 1. The van der Waals surface area contributed by atoms with Crippen molar-refractivity contribution in [2.75, 3.05) is 11.9 Å². The van der Waals surface area contributed by atoms with Crippen LogP contribution in [0, 0.1) is 17.0 Å². The van der Waals surface area contributed by atoms with Gasteiger partial charge in [-0.15, -0.1) is 0 Å². The largest absolute Gasteiger partial charge is 0.506 e. The number of nitrogens with zero attached hydrogens (tertiary/aromatic N) is 1. The van der Waals surface area contributed by atoms with E-state index in [4.69, 9.17) is 4.74 Å². The quantitative estimate of drug-likeness (QED) is 0.397. The van der Waals surface area contributed by atoms with Crippen molar-refractivity contribution in [1.82, 2.24) is 0 Å². The van der Waals surface area contributed by atoms with Crippen molar-refractivity contribution in [2.45, 2.75) is 6.92 Å². The smallest absolute Gasteiger partial charge is 0.342 e. The van der Waals surface area contributed by atoms with Gasteiger partial charge in [0.2, 0.25) is 0 Å². The Labute approximate surface area is 159 Å². The predicted octanol–water partition coefficient (Wildman–Crippen LogP) is 3.56. The van der Waals surface area contributed by atoms with Crippen LogP contribution in [0.4, 0.5) is 11.4 Å². The summed E-state index contributed by atoms with van der Waals surface area (Å²) in [5, 5.41) is 25.0. The molecule has 0 unspecified atom stereocenters. The number of nitro groups is 1. The third-order valence-corrected chi connectivity index (χ3v) is 4.17. The maximum Gasteiger partial charge on any atom is 0.342 e. The highest BCUT2D eigenvalue weighted by atomic mass is 16.6. The molecule has 28 heavy (non-hydrogen) atoms. The number of fused-ring (bicyclic) bond motifs is 1. The summed E-state index contributed by atoms with van der Waals surface area (Å²) in [4.78, 5) is 34.8. The molecule has 0 aliphatic heterocycles. The zero-order valence-corrected chi connectivity index (χ0v) is 14.8. The van der Waals surface area contributed by atoms with Gasteiger partial charge in [-0.2, -0.15) is 0 Å². The van der Waals surface area contributed by atoms with Crippen LogP contribution in [-0.4, -0.2) is 28.5 Å². The van der Waals surface area contributed by atoms with Crippen molar-refractivity contribution in [2.24, 2.45) is 0 Å². The first-order valence-electron chi connectivity index (χ1n) is 8.30. The van der Waals surface area contributed by atoms with E-state index >= 15 is 0 Å². The number of hydrogen-bond acceptors (Lipinski definition) is 6. The summed E-state index contributed by atoms with van der Waals surface area (Å²) >= 11 is 0. The van der Waals surface area contributed by atoms with Gasteiger partial charge in [0.25, 0.3) is 11.6 Å². The first kappa shape index (κ1) is 18.8. The Hall–Kier alpha value is -3.94. The molecule has 0 saturated carbocycles. The number of phenols is 1. The van der Waals surface area contributed by atoms with E-state index in [1.54, 1.807) is 43.3 Å². The van der Waals surface area contributed by atoms with E-state index in [1.165, 1.54) is 18.2 Å². The maximum absolute atomic E-state index is 12.2. The number of nitrogens with one attached hydrogen (secondary N) is 1. The number of benzene rings is 3. The predicted molar refractivity (Wildman–Crippen MR) is 102 cm³/mol. The highest BCUT2D eigenvalue weighted by molar-refractivity contribution is 6.02. The van der Waals surface area contributed by atoms with Crippen LogP contribution in [0.2, 0.25) is 0 Å². The maximum atomic E-state index is 12.2. The molecule has 142 valence electrons. The molecule has 3 rings (SSSR count). The van der Waals surface area contributed by atoms with Crippen LogP contribution in [0.1, 0.15) is 15.9 Å². The Morgan fingerprint density at radius 2 is 1.86 bits per heavy atom. The third kappa shape index (κ3) is 3.75. The second-order valence-corrected chi connectivity index (χ2v) is 6.03. The van der Waals surface area contributed by atoms with Crippen molar-refractivity contribution in [3.05, 3.63) is 75.8 Å². The number of ether oxygens (including phenoxy) is 1. The van der Waals surface area contributed by atoms with Gasteiger partial charge in [0.1, 0.15) is 17.0 Å². The van der Waals surface area contributed by atoms with Crippen molar-refractivity contribution in [3.8, 4) is 5.75 Å². The summed E-state index contributed by atoms with van der Waals surface area (Å²) in [6, 6.07) is 14.4. The van der Waals surface area contributed by atoms with Crippen LogP contribution in [0.25, 0.3) is 10.8 Å². The number of amides is 1. The number of phenolic OH excluding ortho intramolecular Hbond substituents is 1. The van der Waals surface area contributed by atoms with E-state index in [0.717, 1.165) is 5.39 Å². The first-order chi connectivity index (χ1) is 13.4. The van der Waals surface area contributed by atoms with Gasteiger partial charge < -0.3 is 15.2 Å². The molecule has 3 aromatic rings. The monoisotopic (exact) mass is 380 g/mol. The number of anilines is 1. The zero-order valence-electron chi connectivity index (χ0n) is 14.8. The molecule has 3 aromatic carbocycles. The molecule has 0 fully saturated rings. The minimum Gasteiger partial charge on any atom is -0.506 e. The average Bonchev–Trinajstić information content (AvgIpc) is 2.68. The summed E-state index contributed by atoms with van der Waals surface area (Å²) in [5.74, 6) is -1.85. The molecule has 1 amide bonds. The van der Waals surface area contributed by atoms with E-state index in [9.17, 15) is 24.8 Å². The molecule has 0 aliphatic carbocycles. The fourth-order valence-electron chi connectivity index (χ4n) is 2.77. The molecular weight excluding hydrogens is 364 g/mol. The molecule has 0 aliphatic rings. The van der Waals surface area contributed by atoms with Crippen molar-refractivity contribution < 1.29 is 24.4 Å². The number of hydrogen-bond donors (Lipinski definition) is 2. The summed E-state index contributed by atoms with van der Waals surface area (Å²) < 4.78 is 4.95. The summed E-state index contributed by atoms with van der Waals surface area (Å²) in [5.41, 5.74) is 0.211. The SMILES string of the molecule is Cc1cccc([N+](=O)[O-])c1NC(=O)COC(=O)c1ccc2ccccc2c1O. The summed E-state index contributed by atoms with van der Waals surface area (Å²) in [6.07, 6.45) is 0. The molecule has 0 aromatic heterocycles. The zero-order chi connectivity index (χ0) is 20.3. The van der Waals surface area contributed by atoms with Crippen molar-refractivity contribution >= 4 is 34.0 Å². The van der Waals surface area contributed by atoms with Crippen LogP contribution >= 0.6 is 0 Å². The molecule has 0 heterocycles. The molecule has 0 saturated heterocycles. The van der Waals surface area contributed by atoms with Crippen LogP contribution in [0.5, 0.6) is 5.75 Å². The minimum absolute atomic E-state index is 0.0436. The van der Waals surface area contributed by atoms with Gasteiger partial charge in [0, 0.05) is 11.5 Å². The molecule has 2 N–H and O–H groups in total. The van der Waals surface area contributed by atoms with Gasteiger partial charge in [-0.1, -0.05) is 42.5 Å². The Morgan fingerprint density at radius 3 is 2.61 bits per heavy atom. The van der Waals surface area contributed by atoms with E-state index in [-0.39, 0.29) is 22.7 Å². The van der Waals surface area contributed by atoms with Crippen LogP contribution in [0.15, 0.2) is 54.6 Å². The fraction of sp³-hybridized carbons (Fsp3) is 0.100. The van der Waals surface area contributed by atoms with Crippen molar-refractivity contribution in [1.29, 1.82) is 0 Å². The average molecular weight is 380 g/mol. The first-order valence-corrected chi connectivity index (χ1v) is 8.30. The van der Waals surface area contributed by atoms with Crippen LogP contribution in [-0.2, 0) is 9.53 Å². The fourth-order valence-corrected chi connectivity index (χ4v) is 2.77. The van der Waals surface area contributed by atoms with Crippen LogP contribution in [0.3, 0.4) is 0 Å². The molecule has 8 heteroatoms. The summed E-state index contributed by atoms with van der Waals surface area (Å²) in [7, 11) is 0. The minimum atomic E-state index is -0.877. The number of rotatable bonds is 5. The Kier molecular flexibility index (Phi) is 5.21. The number of nitro benzene ring substituents is 1. The Morgan fingerprint density at radius 1 is 1.11 bits per heavy atom. The lowest BCUT2D eigenvalue weighted by atomic mass is 10.1. The topological polar surface area (TPSA) is 119 Å². The molecule has 0 radical (unpaired) electrons.